The molecule has 3 nitrogen and oxygen atoms in total. The van der Waals surface area contributed by atoms with Gasteiger partial charge in [-0.05, 0) is 30.3 Å². The van der Waals surface area contributed by atoms with Crippen molar-refractivity contribution in [2.45, 2.75) is 0 Å². The van der Waals surface area contributed by atoms with E-state index in [4.69, 9.17) is 17.3 Å². The molecule has 2 aromatic carbocycles. The first-order valence-corrected chi connectivity index (χ1v) is 5.83. The summed E-state index contributed by atoms with van der Waals surface area (Å²) in [5.74, 6) is -0.725. The van der Waals surface area contributed by atoms with E-state index in [0.29, 0.717) is 16.7 Å². The lowest BCUT2D eigenvalue weighted by Gasteiger charge is -2.06. The monoisotopic (exact) mass is 279 g/mol. The minimum atomic E-state index is -0.557. The maximum absolute atomic E-state index is 13.4. The zero-order chi connectivity index (χ0) is 13.6. The molecule has 1 heterocycles. The van der Waals surface area contributed by atoms with Crippen LogP contribution in [0.4, 0.5) is 14.7 Å². The molecule has 0 radical (unpaired) electrons. The van der Waals surface area contributed by atoms with Gasteiger partial charge >= 0.3 is 0 Å². The van der Waals surface area contributed by atoms with E-state index in [1.165, 1.54) is 24.3 Å². The SMILES string of the molecule is Nc1nc2cc(F)c(Cl)cc2n1-c1ccc(F)cc1. The highest BCUT2D eigenvalue weighted by molar-refractivity contribution is 6.31. The van der Waals surface area contributed by atoms with E-state index < -0.39 is 5.82 Å². The number of benzene rings is 2. The van der Waals surface area contributed by atoms with Gasteiger partial charge in [-0.15, -0.1) is 0 Å². The first-order chi connectivity index (χ1) is 9.06. The third kappa shape index (κ3) is 1.92. The predicted octanol–water partition coefficient (Wildman–Crippen LogP) is 3.54. The Bertz CT molecular complexity index is 766. The lowest BCUT2D eigenvalue weighted by atomic mass is 10.2. The van der Waals surface area contributed by atoms with Crippen molar-refractivity contribution in [3.63, 3.8) is 0 Å². The standard InChI is InChI=1S/C13H8ClF2N3/c14-9-5-12-11(6-10(9)16)18-13(17)19(12)8-3-1-7(15)2-4-8/h1-6H,(H2,17,18). The molecule has 0 atom stereocenters. The van der Waals surface area contributed by atoms with Gasteiger partial charge in [0.05, 0.1) is 16.1 Å². The van der Waals surface area contributed by atoms with Gasteiger partial charge in [0.2, 0.25) is 5.95 Å². The van der Waals surface area contributed by atoms with Crippen LogP contribution in [0.15, 0.2) is 36.4 Å². The van der Waals surface area contributed by atoms with Gasteiger partial charge in [-0.3, -0.25) is 4.57 Å². The fourth-order valence-electron chi connectivity index (χ4n) is 1.95. The third-order valence-electron chi connectivity index (χ3n) is 2.81. The van der Waals surface area contributed by atoms with E-state index in [2.05, 4.69) is 4.98 Å². The Kier molecular flexibility index (Phi) is 2.64. The number of halogens is 3. The number of aromatic nitrogens is 2. The van der Waals surface area contributed by atoms with Crippen molar-refractivity contribution in [1.82, 2.24) is 9.55 Å². The summed E-state index contributed by atoms with van der Waals surface area (Å²) in [7, 11) is 0. The van der Waals surface area contributed by atoms with Gasteiger partial charge in [0, 0.05) is 11.8 Å². The maximum atomic E-state index is 13.4. The van der Waals surface area contributed by atoms with Crippen LogP contribution < -0.4 is 5.73 Å². The van der Waals surface area contributed by atoms with Crippen molar-refractivity contribution >= 4 is 28.6 Å². The van der Waals surface area contributed by atoms with Gasteiger partial charge in [-0.25, -0.2) is 13.8 Å². The quantitative estimate of drug-likeness (QED) is 0.740. The number of imidazole rings is 1. The number of fused-ring (bicyclic) bond motifs is 1. The molecular formula is C13H8ClF2N3. The maximum Gasteiger partial charge on any atom is 0.205 e. The topological polar surface area (TPSA) is 43.8 Å². The second-order valence-electron chi connectivity index (χ2n) is 4.04. The van der Waals surface area contributed by atoms with Crippen LogP contribution in [0.2, 0.25) is 5.02 Å². The summed E-state index contributed by atoms with van der Waals surface area (Å²) in [6.45, 7) is 0. The molecule has 0 spiro atoms. The van der Waals surface area contributed by atoms with Crippen LogP contribution in [0, 0.1) is 11.6 Å². The highest BCUT2D eigenvalue weighted by atomic mass is 35.5. The summed E-state index contributed by atoms with van der Waals surface area (Å²) in [6.07, 6.45) is 0. The van der Waals surface area contributed by atoms with E-state index in [9.17, 15) is 8.78 Å². The van der Waals surface area contributed by atoms with Crippen molar-refractivity contribution < 1.29 is 8.78 Å². The van der Waals surface area contributed by atoms with Gasteiger partial charge in [-0.1, -0.05) is 11.6 Å². The Morgan fingerprint density at radius 3 is 2.47 bits per heavy atom. The fraction of sp³-hybridized carbons (Fsp3) is 0. The molecule has 6 heteroatoms. The summed E-state index contributed by atoms with van der Waals surface area (Å²) < 4.78 is 27.9. The largest absolute Gasteiger partial charge is 0.369 e. The number of hydrogen-bond acceptors (Lipinski definition) is 2. The molecule has 0 aliphatic heterocycles. The van der Waals surface area contributed by atoms with Crippen LogP contribution >= 0.6 is 11.6 Å². The van der Waals surface area contributed by atoms with Gasteiger partial charge in [0.25, 0.3) is 0 Å². The zero-order valence-electron chi connectivity index (χ0n) is 9.57. The molecular weight excluding hydrogens is 272 g/mol. The average Bonchev–Trinajstić information content (AvgIpc) is 2.67. The van der Waals surface area contributed by atoms with Crippen LogP contribution in [-0.2, 0) is 0 Å². The Balaban J connectivity index is 2.31. The van der Waals surface area contributed by atoms with Crippen molar-refractivity contribution in [2.75, 3.05) is 5.73 Å². The van der Waals surface area contributed by atoms with Crippen LogP contribution in [0.5, 0.6) is 0 Å². The van der Waals surface area contributed by atoms with Crippen LogP contribution in [-0.4, -0.2) is 9.55 Å². The molecule has 3 rings (SSSR count). The molecule has 2 N–H and O–H groups in total. The number of rotatable bonds is 1. The first kappa shape index (κ1) is 11.9. The van der Waals surface area contributed by atoms with Crippen molar-refractivity contribution in [3.05, 3.63) is 53.1 Å². The molecule has 0 aliphatic carbocycles. The van der Waals surface area contributed by atoms with E-state index in [0.717, 1.165) is 0 Å². The van der Waals surface area contributed by atoms with E-state index in [1.54, 1.807) is 16.7 Å². The molecule has 0 fully saturated rings. The van der Waals surface area contributed by atoms with E-state index in [1.807, 2.05) is 0 Å². The normalized spacial score (nSPS) is 11.1. The van der Waals surface area contributed by atoms with Crippen LogP contribution in [0.25, 0.3) is 16.7 Å². The lowest BCUT2D eigenvalue weighted by Crippen LogP contribution is -2.00. The Morgan fingerprint density at radius 1 is 1.11 bits per heavy atom. The number of anilines is 1. The smallest absolute Gasteiger partial charge is 0.205 e. The molecule has 1 aromatic heterocycles. The molecule has 0 aliphatic rings. The minimum Gasteiger partial charge on any atom is -0.369 e. The van der Waals surface area contributed by atoms with Gasteiger partial charge in [0.15, 0.2) is 0 Å². The number of nitrogen functional groups attached to an aromatic ring is 1. The fourth-order valence-corrected chi connectivity index (χ4v) is 2.11. The number of nitrogens with two attached hydrogens (primary N) is 1. The molecule has 0 amide bonds. The molecule has 0 saturated carbocycles. The zero-order valence-corrected chi connectivity index (χ0v) is 10.3. The number of hydrogen-bond donors (Lipinski definition) is 1. The summed E-state index contributed by atoms with van der Waals surface area (Å²) in [4.78, 5) is 4.06. The van der Waals surface area contributed by atoms with E-state index >= 15 is 0 Å². The van der Waals surface area contributed by atoms with Gasteiger partial charge in [0.1, 0.15) is 11.6 Å². The lowest BCUT2D eigenvalue weighted by molar-refractivity contribution is 0.627. The molecule has 19 heavy (non-hydrogen) atoms. The first-order valence-electron chi connectivity index (χ1n) is 5.45. The summed E-state index contributed by atoms with van der Waals surface area (Å²) in [5.41, 5.74) is 7.40. The molecule has 0 saturated heterocycles. The van der Waals surface area contributed by atoms with E-state index in [-0.39, 0.29) is 16.8 Å². The summed E-state index contributed by atoms with van der Waals surface area (Å²) in [6, 6.07) is 8.40. The Morgan fingerprint density at radius 2 is 1.79 bits per heavy atom. The highest BCUT2D eigenvalue weighted by Crippen LogP contribution is 2.27. The third-order valence-corrected chi connectivity index (χ3v) is 3.10. The van der Waals surface area contributed by atoms with Crippen molar-refractivity contribution in [3.8, 4) is 5.69 Å². The summed E-state index contributed by atoms with van der Waals surface area (Å²) in [5, 5.41) is -0.0178. The molecule has 96 valence electrons. The highest BCUT2D eigenvalue weighted by Gasteiger charge is 2.13. The Hall–Kier alpha value is -2.14. The van der Waals surface area contributed by atoms with Crippen LogP contribution in [0.1, 0.15) is 0 Å². The second kappa shape index (κ2) is 4.20. The minimum absolute atomic E-state index is 0.0178. The van der Waals surface area contributed by atoms with Gasteiger partial charge < -0.3 is 5.73 Å². The molecule has 0 unspecified atom stereocenters. The van der Waals surface area contributed by atoms with Crippen LogP contribution in [0.3, 0.4) is 0 Å². The second-order valence-corrected chi connectivity index (χ2v) is 4.44. The summed E-state index contributed by atoms with van der Waals surface area (Å²) >= 11 is 5.76. The Labute approximate surface area is 112 Å². The van der Waals surface area contributed by atoms with Gasteiger partial charge in [-0.2, -0.15) is 0 Å². The van der Waals surface area contributed by atoms with Crippen molar-refractivity contribution in [2.24, 2.45) is 0 Å². The molecule has 0 bridgehead atoms. The number of nitrogens with zero attached hydrogens (tertiary/aromatic N) is 2. The predicted molar refractivity (Wildman–Crippen MR) is 70.4 cm³/mol. The average molecular weight is 280 g/mol. The molecule has 3 aromatic rings. The van der Waals surface area contributed by atoms with Crippen molar-refractivity contribution in [1.29, 1.82) is 0 Å².